The van der Waals surface area contributed by atoms with Crippen LogP contribution in [0.2, 0.25) is 0 Å². The molecule has 1 amide bonds. The number of ether oxygens (including phenoxy) is 2. The molecule has 3 N–H and O–H groups in total. The molecule has 1 saturated heterocycles. The Kier molecular flexibility index (Phi) is 3.77. The van der Waals surface area contributed by atoms with Gasteiger partial charge in [-0.1, -0.05) is 18.2 Å². The van der Waals surface area contributed by atoms with Crippen molar-refractivity contribution in [3.05, 3.63) is 53.6 Å². The first-order chi connectivity index (χ1) is 17.5. The zero-order valence-electron chi connectivity index (χ0n) is 20.3. The Morgan fingerprint density at radius 3 is 2.78 bits per heavy atom. The molecule has 36 heavy (non-hydrogen) atoms. The predicted octanol–water partition coefficient (Wildman–Crippen LogP) is 4.06. The maximum absolute atomic E-state index is 13.3. The zero-order chi connectivity index (χ0) is 24.5. The minimum Gasteiger partial charge on any atom is -0.508 e. The number of rotatable bonds is 2. The van der Waals surface area contributed by atoms with Crippen LogP contribution in [0.15, 0.2) is 42.5 Å². The van der Waals surface area contributed by atoms with Crippen LogP contribution >= 0.6 is 0 Å². The third kappa shape index (κ3) is 2.16. The summed E-state index contributed by atoms with van der Waals surface area (Å²) in [5, 5.41) is 21.0. The topological polar surface area (TPSA) is 89.7 Å². The van der Waals surface area contributed by atoms with E-state index < -0.39 is 5.72 Å². The molecule has 8 heteroatoms. The average molecular weight is 483 g/mol. The number of carbonyl (C=O) groups excluding carboxylic acids is 1. The molecule has 8 nitrogen and oxygen atoms in total. The van der Waals surface area contributed by atoms with E-state index in [2.05, 4.69) is 38.8 Å². The molecule has 0 spiro atoms. The highest BCUT2D eigenvalue weighted by atomic mass is 16.6. The van der Waals surface area contributed by atoms with Gasteiger partial charge in [-0.3, -0.25) is 4.79 Å². The molecular weight excluding hydrogens is 456 g/mol. The molecule has 5 heterocycles. The molecule has 2 bridgehead atoms. The summed E-state index contributed by atoms with van der Waals surface area (Å²) in [5.41, 5.74) is 4.85. The van der Waals surface area contributed by atoms with E-state index in [4.69, 9.17) is 9.47 Å². The molecule has 3 aromatic carbocycles. The van der Waals surface area contributed by atoms with Gasteiger partial charge in [0.25, 0.3) is 5.91 Å². The van der Waals surface area contributed by atoms with Crippen molar-refractivity contribution in [1.82, 2.24) is 19.8 Å². The fraction of sp³-hybridized carbons (Fsp3) is 0.321. The SMILES string of the molecule is CN[C@@H]1C[C@H]2O[C@@](C)([C@@H]1OC)n1c3ccc(O)cc3c3c4c(c5c6ccccc6n2c5c31)C(=O)NC4. The summed E-state index contributed by atoms with van der Waals surface area (Å²) in [5.74, 6) is 0.132. The van der Waals surface area contributed by atoms with Gasteiger partial charge in [0.2, 0.25) is 0 Å². The number of phenols is 1. The van der Waals surface area contributed by atoms with E-state index >= 15 is 0 Å². The van der Waals surface area contributed by atoms with Crippen molar-refractivity contribution in [3.63, 3.8) is 0 Å². The number of aromatic nitrogens is 2. The van der Waals surface area contributed by atoms with E-state index in [1.165, 1.54) is 0 Å². The highest BCUT2D eigenvalue weighted by Crippen LogP contribution is 2.53. The van der Waals surface area contributed by atoms with Crippen LogP contribution < -0.4 is 10.6 Å². The Labute approximate surface area is 206 Å². The fourth-order valence-electron chi connectivity index (χ4n) is 7.37. The minimum atomic E-state index is -0.848. The van der Waals surface area contributed by atoms with Crippen LogP contribution in [-0.2, 0) is 21.7 Å². The number of carbonyl (C=O) groups is 1. The first-order valence-corrected chi connectivity index (χ1v) is 12.4. The molecule has 182 valence electrons. The lowest BCUT2D eigenvalue weighted by Gasteiger charge is -2.48. The van der Waals surface area contributed by atoms with Gasteiger partial charge in [0.15, 0.2) is 5.72 Å². The summed E-state index contributed by atoms with van der Waals surface area (Å²) in [6.07, 6.45) is 0.177. The van der Waals surface area contributed by atoms with E-state index in [1.54, 1.807) is 19.2 Å². The van der Waals surface area contributed by atoms with Crippen LogP contribution in [0.5, 0.6) is 5.75 Å². The lowest BCUT2D eigenvalue weighted by atomic mass is 9.93. The lowest BCUT2D eigenvalue weighted by molar-refractivity contribution is -0.256. The van der Waals surface area contributed by atoms with Gasteiger partial charge in [0, 0.05) is 47.7 Å². The third-order valence-electron chi connectivity index (χ3n) is 8.67. The smallest absolute Gasteiger partial charge is 0.252 e. The second-order valence-corrected chi connectivity index (χ2v) is 10.3. The molecule has 4 atom stereocenters. The lowest BCUT2D eigenvalue weighted by Crippen LogP contribution is -2.59. The van der Waals surface area contributed by atoms with Crippen molar-refractivity contribution in [2.24, 2.45) is 0 Å². The van der Waals surface area contributed by atoms with Gasteiger partial charge in [-0.2, -0.15) is 0 Å². The van der Waals surface area contributed by atoms with E-state index in [0.29, 0.717) is 13.0 Å². The van der Waals surface area contributed by atoms with Crippen LogP contribution in [0.3, 0.4) is 0 Å². The fourth-order valence-corrected chi connectivity index (χ4v) is 7.37. The highest BCUT2D eigenvalue weighted by Gasteiger charge is 2.53. The Hall–Kier alpha value is -3.59. The predicted molar refractivity (Wildman–Crippen MR) is 137 cm³/mol. The van der Waals surface area contributed by atoms with Gasteiger partial charge in [-0.15, -0.1) is 0 Å². The van der Waals surface area contributed by atoms with Crippen LogP contribution in [-0.4, -0.2) is 46.5 Å². The molecule has 1 fully saturated rings. The monoisotopic (exact) mass is 482 g/mol. The number of fused-ring (bicyclic) bond motifs is 13. The Bertz CT molecular complexity index is 1800. The molecule has 0 unspecified atom stereocenters. The van der Waals surface area contributed by atoms with Gasteiger partial charge in [0.05, 0.1) is 27.6 Å². The van der Waals surface area contributed by atoms with Crippen molar-refractivity contribution >= 4 is 49.5 Å². The van der Waals surface area contributed by atoms with Gasteiger partial charge in [-0.05, 0) is 43.8 Å². The first kappa shape index (κ1) is 20.6. The molecule has 0 radical (unpaired) electrons. The molecular formula is C28H26N4O4. The second kappa shape index (κ2) is 6.59. The van der Waals surface area contributed by atoms with Gasteiger partial charge >= 0.3 is 0 Å². The number of hydrogen-bond acceptors (Lipinski definition) is 5. The maximum Gasteiger partial charge on any atom is 0.252 e. The number of nitrogens with one attached hydrogen (secondary N) is 2. The van der Waals surface area contributed by atoms with Gasteiger partial charge in [0.1, 0.15) is 18.1 Å². The summed E-state index contributed by atoms with van der Waals surface area (Å²) < 4.78 is 17.7. The number of hydrogen-bond donors (Lipinski definition) is 3. The van der Waals surface area contributed by atoms with Crippen LogP contribution in [0.25, 0.3) is 43.6 Å². The normalized spacial score (nSPS) is 26.9. The van der Waals surface area contributed by atoms with Crippen LogP contribution in [0, 0.1) is 0 Å². The number of amides is 1. The molecule has 3 aliphatic heterocycles. The molecule has 0 saturated carbocycles. The Balaban J connectivity index is 1.72. The van der Waals surface area contributed by atoms with Crippen molar-refractivity contribution in [2.45, 2.75) is 44.0 Å². The molecule has 8 rings (SSSR count). The van der Waals surface area contributed by atoms with Crippen molar-refractivity contribution in [1.29, 1.82) is 0 Å². The standard InChI is InChI=1S/C28H26N4O4/c1-28-26(35-3)17(29-2)11-20(36-28)31-18-7-5-4-6-14(18)22-23-16(12-30-27(23)34)21-15-10-13(33)8-9-19(15)32(28)25(21)24(22)31/h4-10,17,20,26,29,33H,11-12H2,1-3H3,(H,30,34)/t17-,20-,26-,28+/m1/s1. The average Bonchev–Trinajstić information content (AvgIpc) is 3.51. The molecule has 5 aromatic rings. The van der Waals surface area contributed by atoms with E-state index in [9.17, 15) is 9.90 Å². The Morgan fingerprint density at radius 2 is 1.97 bits per heavy atom. The van der Waals surface area contributed by atoms with Crippen molar-refractivity contribution < 1.29 is 19.4 Å². The second-order valence-electron chi connectivity index (χ2n) is 10.3. The Morgan fingerprint density at radius 1 is 1.14 bits per heavy atom. The zero-order valence-corrected chi connectivity index (χ0v) is 20.3. The minimum absolute atomic E-state index is 0.0315. The number of para-hydroxylation sites is 1. The number of aromatic hydroxyl groups is 1. The number of nitrogens with zero attached hydrogens (tertiary/aromatic N) is 2. The van der Waals surface area contributed by atoms with E-state index in [1.807, 2.05) is 25.2 Å². The highest BCUT2D eigenvalue weighted by molar-refractivity contribution is 6.31. The van der Waals surface area contributed by atoms with Crippen LogP contribution in [0.1, 0.15) is 35.5 Å². The summed E-state index contributed by atoms with van der Waals surface area (Å²) >= 11 is 0. The molecule has 3 aliphatic rings. The van der Waals surface area contributed by atoms with E-state index in [0.717, 1.165) is 54.7 Å². The molecule has 2 aromatic heterocycles. The number of benzene rings is 3. The maximum atomic E-state index is 13.3. The molecule has 0 aliphatic carbocycles. The summed E-state index contributed by atoms with van der Waals surface area (Å²) in [6.45, 7) is 2.54. The number of methoxy groups -OCH3 is 1. The van der Waals surface area contributed by atoms with Crippen molar-refractivity contribution in [3.8, 4) is 5.75 Å². The number of likely N-dealkylation sites (N-methyl/N-ethyl adjacent to an activating group) is 1. The number of phenolic OH excluding ortho intramolecular Hbond substituents is 1. The summed E-state index contributed by atoms with van der Waals surface area (Å²) in [4.78, 5) is 13.3. The first-order valence-electron chi connectivity index (χ1n) is 12.4. The van der Waals surface area contributed by atoms with Crippen molar-refractivity contribution in [2.75, 3.05) is 14.2 Å². The van der Waals surface area contributed by atoms with Gasteiger partial charge in [-0.25, -0.2) is 0 Å². The van der Waals surface area contributed by atoms with E-state index in [-0.39, 0.29) is 30.0 Å². The van der Waals surface area contributed by atoms with Crippen LogP contribution in [0.4, 0.5) is 0 Å². The summed E-state index contributed by atoms with van der Waals surface area (Å²) in [6, 6.07) is 13.8. The van der Waals surface area contributed by atoms with Gasteiger partial charge < -0.3 is 34.3 Å². The summed E-state index contributed by atoms with van der Waals surface area (Å²) in [7, 11) is 3.70. The third-order valence-corrected chi connectivity index (χ3v) is 8.67. The largest absolute Gasteiger partial charge is 0.508 e. The quantitative estimate of drug-likeness (QED) is 0.353.